The highest BCUT2D eigenvalue weighted by atomic mass is 16.1. The first-order valence-electron chi connectivity index (χ1n) is 6.66. The van der Waals surface area contributed by atoms with Gasteiger partial charge in [0, 0.05) is 12.1 Å². The van der Waals surface area contributed by atoms with Gasteiger partial charge in [-0.15, -0.1) is 0 Å². The van der Waals surface area contributed by atoms with Gasteiger partial charge in [0.25, 0.3) is 5.56 Å². The quantitative estimate of drug-likeness (QED) is 0.859. The molecule has 0 aliphatic carbocycles. The van der Waals surface area contributed by atoms with E-state index in [1.165, 1.54) is 10.2 Å². The Labute approximate surface area is 118 Å². The molecule has 0 bridgehead atoms. The summed E-state index contributed by atoms with van der Waals surface area (Å²) < 4.78 is 1.38. The number of benzene rings is 1. The van der Waals surface area contributed by atoms with Gasteiger partial charge in [-0.05, 0) is 43.5 Å². The summed E-state index contributed by atoms with van der Waals surface area (Å²) in [6.45, 7) is 6.58. The van der Waals surface area contributed by atoms with Crippen molar-refractivity contribution in [3.63, 3.8) is 0 Å². The van der Waals surface area contributed by atoms with Crippen molar-refractivity contribution in [1.82, 2.24) is 9.78 Å². The predicted molar refractivity (Wildman–Crippen MR) is 78.4 cm³/mol. The highest BCUT2D eigenvalue weighted by molar-refractivity contribution is 5.61. The smallest absolute Gasteiger partial charge is 0.266 e. The Morgan fingerprint density at radius 3 is 2.60 bits per heavy atom. The van der Waals surface area contributed by atoms with E-state index in [-0.39, 0.29) is 11.1 Å². The van der Waals surface area contributed by atoms with Gasteiger partial charge in [-0.25, -0.2) is 4.68 Å². The van der Waals surface area contributed by atoms with E-state index >= 15 is 0 Å². The van der Waals surface area contributed by atoms with Crippen LogP contribution in [0.3, 0.4) is 0 Å². The molecular weight excluding hydrogens is 250 g/mol. The lowest BCUT2D eigenvalue weighted by atomic mass is 10.0. The van der Waals surface area contributed by atoms with Gasteiger partial charge >= 0.3 is 0 Å². The second kappa shape index (κ2) is 5.70. The summed E-state index contributed by atoms with van der Waals surface area (Å²) in [5.41, 5.74) is 3.78. The van der Waals surface area contributed by atoms with Gasteiger partial charge in [0.15, 0.2) is 0 Å². The highest BCUT2D eigenvalue weighted by Crippen LogP contribution is 2.20. The van der Waals surface area contributed by atoms with E-state index in [0.717, 1.165) is 17.5 Å². The van der Waals surface area contributed by atoms with E-state index in [2.05, 4.69) is 5.10 Å². The average molecular weight is 267 g/mol. The lowest BCUT2D eigenvalue weighted by Crippen LogP contribution is -2.25. The van der Waals surface area contributed by atoms with Gasteiger partial charge in [-0.2, -0.15) is 10.4 Å². The molecule has 0 aliphatic heterocycles. The largest absolute Gasteiger partial charge is 0.284 e. The maximum Gasteiger partial charge on any atom is 0.284 e. The lowest BCUT2D eigenvalue weighted by molar-refractivity contribution is 0.569. The van der Waals surface area contributed by atoms with E-state index in [1.807, 2.05) is 45.0 Å². The van der Waals surface area contributed by atoms with Crippen molar-refractivity contribution in [1.29, 1.82) is 5.26 Å². The molecule has 0 fully saturated rings. The summed E-state index contributed by atoms with van der Waals surface area (Å²) >= 11 is 0. The fraction of sp³-hybridized carbons (Fsp3) is 0.312. The standard InChI is InChI=1S/C16H17N3O/c1-4-7-19-16(20)14(10-17)9-15(18-19)13-6-5-11(2)12(3)8-13/h5-6,8-9H,4,7H2,1-3H3. The number of hydrogen-bond acceptors (Lipinski definition) is 3. The highest BCUT2D eigenvalue weighted by Gasteiger charge is 2.09. The Kier molecular flexibility index (Phi) is 3.99. The number of nitrogens with zero attached hydrogens (tertiary/aromatic N) is 3. The summed E-state index contributed by atoms with van der Waals surface area (Å²) in [6.07, 6.45) is 0.800. The van der Waals surface area contributed by atoms with Gasteiger partial charge in [0.05, 0.1) is 5.69 Å². The van der Waals surface area contributed by atoms with E-state index in [4.69, 9.17) is 5.26 Å². The van der Waals surface area contributed by atoms with Crippen LogP contribution in [-0.4, -0.2) is 9.78 Å². The first-order valence-corrected chi connectivity index (χ1v) is 6.66. The molecule has 20 heavy (non-hydrogen) atoms. The molecule has 0 amide bonds. The fourth-order valence-corrected chi connectivity index (χ4v) is 2.03. The molecule has 0 aliphatic rings. The Morgan fingerprint density at radius 1 is 1.25 bits per heavy atom. The Hall–Kier alpha value is -2.41. The zero-order chi connectivity index (χ0) is 14.7. The topological polar surface area (TPSA) is 58.7 Å². The molecule has 1 heterocycles. The zero-order valence-corrected chi connectivity index (χ0v) is 12.0. The molecule has 4 nitrogen and oxygen atoms in total. The third-order valence-electron chi connectivity index (χ3n) is 3.33. The van der Waals surface area contributed by atoms with E-state index in [0.29, 0.717) is 12.2 Å². The van der Waals surface area contributed by atoms with Crippen molar-refractivity contribution in [3.05, 3.63) is 51.3 Å². The summed E-state index contributed by atoms with van der Waals surface area (Å²) in [7, 11) is 0. The molecule has 2 rings (SSSR count). The lowest BCUT2D eigenvalue weighted by Gasteiger charge is -2.08. The third kappa shape index (κ3) is 2.62. The monoisotopic (exact) mass is 267 g/mol. The zero-order valence-electron chi connectivity index (χ0n) is 12.0. The first-order chi connectivity index (χ1) is 9.56. The number of nitriles is 1. The molecule has 102 valence electrons. The minimum atomic E-state index is -0.318. The van der Waals surface area contributed by atoms with Crippen molar-refractivity contribution in [2.75, 3.05) is 0 Å². The molecule has 1 aromatic carbocycles. The van der Waals surface area contributed by atoms with Gasteiger partial charge in [0.2, 0.25) is 0 Å². The van der Waals surface area contributed by atoms with Crippen LogP contribution < -0.4 is 5.56 Å². The van der Waals surface area contributed by atoms with Crippen LogP contribution in [0.5, 0.6) is 0 Å². The van der Waals surface area contributed by atoms with E-state index < -0.39 is 0 Å². The van der Waals surface area contributed by atoms with Crippen LogP contribution in [0, 0.1) is 25.2 Å². The normalized spacial score (nSPS) is 10.3. The van der Waals surface area contributed by atoms with E-state index in [1.54, 1.807) is 6.07 Å². The summed E-state index contributed by atoms with van der Waals surface area (Å²) in [6, 6.07) is 9.54. The SMILES string of the molecule is CCCn1nc(-c2ccc(C)c(C)c2)cc(C#N)c1=O. The minimum Gasteiger partial charge on any atom is -0.266 e. The maximum atomic E-state index is 12.0. The second-order valence-corrected chi connectivity index (χ2v) is 4.88. The molecule has 0 saturated heterocycles. The molecule has 0 atom stereocenters. The van der Waals surface area contributed by atoms with E-state index in [9.17, 15) is 4.79 Å². The van der Waals surface area contributed by atoms with Gasteiger partial charge < -0.3 is 0 Å². The van der Waals surface area contributed by atoms with Crippen LogP contribution in [0.1, 0.15) is 30.0 Å². The summed E-state index contributed by atoms with van der Waals surface area (Å²) in [5.74, 6) is 0. The molecule has 0 radical (unpaired) electrons. The molecule has 0 spiro atoms. The van der Waals surface area contributed by atoms with Crippen LogP contribution in [0.25, 0.3) is 11.3 Å². The van der Waals surface area contributed by atoms with Crippen molar-refractivity contribution in [3.8, 4) is 17.3 Å². The minimum absolute atomic E-state index is 0.140. The van der Waals surface area contributed by atoms with Gasteiger partial charge in [-0.1, -0.05) is 19.1 Å². The molecule has 0 unspecified atom stereocenters. The summed E-state index contributed by atoms with van der Waals surface area (Å²) in [4.78, 5) is 12.0. The average Bonchev–Trinajstić information content (AvgIpc) is 2.44. The van der Waals surface area contributed by atoms with Crippen LogP contribution >= 0.6 is 0 Å². The third-order valence-corrected chi connectivity index (χ3v) is 3.33. The second-order valence-electron chi connectivity index (χ2n) is 4.88. The number of aromatic nitrogens is 2. The summed E-state index contributed by atoms with van der Waals surface area (Å²) in [5, 5.41) is 13.5. The molecule has 0 N–H and O–H groups in total. The molecule has 2 aromatic rings. The first kappa shape index (κ1) is 14.0. The molecule has 4 heteroatoms. The van der Waals surface area contributed by atoms with Crippen molar-refractivity contribution >= 4 is 0 Å². The molecular formula is C16H17N3O. The van der Waals surface area contributed by atoms with Crippen LogP contribution in [0.15, 0.2) is 29.1 Å². The Morgan fingerprint density at radius 2 is 2.00 bits per heavy atom. The predicted octanol–water partition coefficient (Wildman–Crippen LogP) is 2.81. The van der Waals surface area contributed by atoms with Gasteiger partial charge in [-0.3, -0.25) is 4.79 Å². The van der Waals surface area contributed by atoms with Crippen LogP contribution in [-0.2, 0) is 6.54 Å². The van der Waals surface area contributed by atoms with Crippen molar-refractivity contribution < 1.29 is 0 Å². The van der Waals surface area contributed by atoms with Crippen molar-refractivity contribution in [2.45, 2.75) is 33.7 Å². The maximum absolute atomic E-state index is 12.0. The van der Waals surface area contributed by atoms with Crippen LogP contribution in [0.4, 0.5) is 0 Å². The molecule has 1 aromatic heterocycles. The van der Waals surface area contributed by atoms with Gasteiger partial charge in [0.1, 0.15) is 11.6 Å². The number of aryl methyl sites for hydroxylation is 3. The number of hydrogen-bond donors (Lipinski definition) is 0. The fourth-order valence-electron chi connectivity index (χ4n) is 2.03. The Balaban J connectivity index is 2.62. The molecule has 0 saturated carbocycles. The number of rotatable bonds is 3. The Bertz CT molecular complexity index is 738. The van der Waals surface area contributed by atoms with Crippen LogP contribution in [0.2, 0.25) is 0 Å². The van der Waals surface area contributed by atoms with Crippen molar-refractivity contribution in [2.24, 2.45) is 0 Å².